The second-order valence-electron chi connectivity index (χ2n) is 9.42. The van der Waals surface area contributed by atoms with E-state index >= 15 is 0 Å². The molecule has 3 aliphatic rings. The van der Waals surface area contributed by atoms with Gasteiger partial charge in [-0.1, -0.05) is 0 Å². The lowest BCUT2D eigenvalue weighted by Crippen LogP contribution is -2.53. The lowest BCUT2D eigenvalue weighted by Gasteiger charge is -2.45. The molecule has 2 saturated carbocycles. The molecule has 2 amide bonds. The van der Waals surface area contributed by atoms with Crippen LogP contribution in [0.5, 0.6) is 5.75 Å². The highest BCUT2D eigenvalue weighted by atomic mass is 19.1. The van der Waals surface area contributed by atoms with Crippen molar-refractivity contribution in [1.82, 2.24) is 15.6 Å². The molecule has 170 valence electrons. The van der Waals surface area contributed by atoms with Crippen LogP contribution in [0.25, 0.3) is 0 Å². The van der Waals surface area contributed by atoms with Crippen molar-refractivity contribution in [2.75, 3.05) is 18.5 Å². The highest BCUT2D eigenvalue weighted by molar-refractivity contribution is 5.95. The van der Waals surface area contributed by atoms with Gasteiger partial charge in [-0.2, -0.15) is 0 Å². The molecule has 1 aliphatic heterocycles. The van der Waals surface area contributed by atoms with Crippen molar-refractivity contribution in [1.29, 1.82) is 0 Å². The monoisotopic (exact) mass is 442 g/mol. The van der Waals surface area contributed by atoms with Crippen molar-refractivity contribution in [3.63, 3.8) is 0 Å². The highest BCUT2D eigenvalue weighted by Crippen LogP contribution is 2.44. The number of nitrogens with one attached hydrogen (secondary N) is 2. The van der Waals surface area contributed by atoms with Gasteiger partial charge in [0, 0.05) is 11.6 Å². The number of carbonyl (C=O) groups is 1. The van der Waals surface area contributed by atoms with Crippen LogP contribution < -0.4 is 20.3 Å². The molecule has 2 aliphatic carbocycles. The number of benzene rings is 1. The summed E-state index contributed by atoms with van der Waals surface area (Å²) < 4.78 is 33.5. The van der Waals surface area contributed by atoms with Crippen molar-refractivity contribution >= 4 is 11.8 Å². The molecule has 8 heteroatoms. The van der Waals surface area contributed by atoms with Gasteiger partial charge in [-0.15, -0.1) is 0 Å². The standard InChI is InChI=1S/C24H28F2N4O2/c1-15-9-20(32-19-3-4-19)13-28-21(15)30-14-23(29-22(30)31)5-7-24(27-2,8-6-23)16-10-17(25)12-18(26)11-16/h9-13,19,27H,3-8,14H2,1-2H3,(H,29,31). The number of nitrogens with zero attached hydrogens (tertiary/aromatic N) is 2. The van der Waals surface area contributed by atoms with E-state index in [4.69, 9.17) is 4.74 Å². The van der Waals surface area contributed by atoms with Crippen LogP contribution in [0.3, 0.4) is 0 Å². The van der Waals surface area contributed by atoms with Gasteiger partial charge in [0.2, 0.25) is 0 Å². The first kappa shape index (κ1) is 21.1. The first-order chi connectivity index (χ1) is 15.3. The van der Waals surface area contributed by atoms with E-state index in [1.807, 2.05) is 20.0 Å². The molecule has 0 unspecified atom stereocenters. The average Bonchev–Trinajstić information content (AvgIpc) is 3.51. The van der Waals surface area contributed by atoms with Crippen LogP contribution in [0.2, 0.25) is 0 Å². The van der Waals surface area contributed by atoms with Gasteiger partial charge >= 0.3 is 6.03 Å². The summed E-state index contributed by atoms with van der Waals surface area (Å²) in [6.07, 6.45) is 6.82. The number of halogens is 2. The predicted molar refractivity (Wildman–Crippen MR) is 117 cm³/mol. The summed E-state index contributed by atoms with van der Waals surface area (Å²) in [5.41, 5.74) is 0.589. The maximum Gasteiger partial charge on any atom is 0.323 e. The number of hydrogen-bond acceptors (Lipinski definition) is 4. The molecule has 1 aromatic carbocycles. The normalized spacial score (nSPS) is 27.6. The smallest absolute Gasteiger partial charge is 0.323 e. The number of rotatable bonds is 5. The molecule has 2 N–H and O–H groups in total. The summed E-state index contributed by atoms with van der Waals surface area (Å²) >= 11 is 0. The Bertz CT molecular complexity index is 1030. The van der Waals surface area contributed by atoms with Crippen molar-refractivity contribution in [3.8, 4) is 5.75 Å². The first-order valence-corrected chi connectivity index (χ1v) is 11.2. The van der Waals surface area contributed by atoms with E-state index in [1.54, 1.807) is 11.1 Å². The molecule has 1 saturated heterocycles. The van der Waals surface area contributed by atoms with Gasteiger partial charge < -0.3 is 15.4 Å². The number of aryl methyl sites for hydroxylation is 1. The number of hydrogen-bond donors (Lipinski definition) is 2. The molecular weight excluding hydrogens is 414 g/mol. The van der Waals surface area contributed by atoms with E-state index in [1.165, 1.54) is 12.1 Å². The molecule has 0 bridgehead atoms. The van der Waals surface area contributed by atoms with Crippen molar-refractivity contribution in [3.05, 3.63) is 53.2 Å². The Labute approximate surface area is 186 Å². The Morgan fingerprint density at radius 3 is 2.41 bits per heavy atom. The van der Waals surface area contributed by atoms with Crippen LogP contribution in [0.15, 0.2) is 30.5 Å². The highest BCUT2D eigenvalue weighted by Gasteiger charge is 2.49. The Balaban J connectivity index is 1.33. The zero-order chi connectivity index (χ0) is 22.5. The summed E-state index contributed by atoms with van der Waals surface area (Å²) in [6, 6.07) is 5.46. The van der Waals surface area contributed by atoms with E-state index in [2.05, 4.69) is 15.6 Å². The molecule has 6 nitrogen and oxygen atoms in total. The van der Waals surface area contributed by atoms with Gasteiger partial charge in [0.15, 0.2) is 0 Å². The van der Waals surface area contributed by atoms with Crippen LogP contribution in [0.1, 0.15) is 49.7 Å². The number of pyridine rings is 1. The molecule has 2 heterocycles. The summed E-state index contributed by atoms with van der Waals surface area (Å²) in [4.78, 5) is 19.1. The topological polar surface area (TPSA) is 66.5 Å². The van der Waals surface area contributed by atoms with Gasteiger partial charge in [-0.25, -0.2) is 18.6 Å². The van der Waals surface area contributed by atoms with Crippen LogP contribution in [0.4, 0.5) is 19.4 Å². The maximum absolute atomic E-state index is 13.9. The lowest BCUT2D eigenvalue weighted by molar-refractivity contribution is 0.166. The molecule has 1 spiro atoms. The fraction of sp³-hybridized carbons (Fsp3) is 0.500. The molecule has 0 atom stereocenters. The first-order valence-electron chi connectivity index (χ1n) is 11.2. The Morgan fingerprint density at radius 1 is 1.12 bits per heavy atom. The van der Waals surface area contributed by atoms with Gasteiger partial charge in [0.1, 0.15) is 23.2 Å². The fourth-order valence-electron chi connectivity index (χ4n) is 5.10. The minimum Gasteiger partial charge on any atom is -0.489 e. The predicted octanol–water partition coefficient (Wildman–Crippen LogP) is 4.17. The molecule has 2 aromatic rings. The molecular formula is C24H28F2N4O2. The number of urea groups is 1. The summed E-state index contributed by atoms with van der Waals surface area (Å²) in [7, 11) is 1.82. The number of carbonyl (C=O) groups excluding carboxylic acids is 1. The lowest BCUT2D eigenvalue weighted by atomic mass is 9.69. The quantitative estimate of drug-likeness (QED) is 0.730. The minimum absolute atomic E-state index is 0.162. The molecule has 0 radical (unpaired) electrons. The largest absolute Gasteiger partial charge is 0.489 e. The third-order valence-electron chi connectivity index (χ3n) is 7.14. The second-order valence-corrected chi connectivity index (χ2v) is 9.42. The van der Waals surface area contributed by atoms with Crippen LogP contribution in [-0.2, 0) is 5.54 Å². The maximum atomic E-state index is 13.9. The molecule has 3 fully saturated rings. The van der Waals surface area contributed by atoms with Crippen molar-refractivity contribution < 1.29 is 18.3 Å². The van der Waals surface area contributed by atoms with Crippen molar-refractivity contribution in [2.24, 2.45) is 0 Å². The van der Waals surface area contributed by atoms with Crippen LogP contribution in [-0.4, -0.2) is 36.3 Å². The van der Waals surface area contributed by atoms with E-state index < -0.39 is 17.2 Å². The Kier molecular flexibility index (Phi) is 5.08. The van der Waals surface area contributed by atoms with Crippen LogP contribution in [0, 0.1) is 18.6 Å². The van der Waals surface area contributed by atoms with Gasteiger partial charge in [0.05, 0.1) is 24.4 Å². The van der Waals surface area contributed by atoms with Crippen molar-refractivity contribution in [2.45, 2.75) is 62.6 Å². The molecule has 1 aromatic heterocycles. The zero-order valence-corrected chi connectivity index (χ0v) is 18.4. The third kappa shape index (κ3) is 3.81. The Morgan fingerprint density at radius 2 is 1.81 bits per heavy atom. The van der Waals surface area contributed by atoms with E-state index in [0.29, 0.717) is 49.7 Å². The molecule has 32 heavy (non-hydrogen) atoms. The number of anilines is 1. The number of amides is 2. The SMILES string of the molecule is CNC1(c2cc(F)cc(F)c2)CCC2(CC1)CN(c1ncc(OC3CC3)cc1C)C(=O)N2. The van der Waals surface area contributed by atoms with Gasteiger partial charge in [-0.3, -0.25) is 4.90 Å². The summed E-state index contributed by atoms with van der Waals surface area (Å²) in [5, 5.41) is 6.48. The van der Waals surface area contributed by atoms with Gasteiger partial charge in [-0.05, 0) is 81.8 Å². The van der Waals surface area contributed by atoms with E-state index in [9.17, 15) is 13.6 Å². The summed E-state index contributed by atoms with van der Waals surface area (Å²) in [6.45, 7) is 2.45. The molecule has 5 rings (SSSR count). The van der Waals surface area contributed by atoms with Crippen LogP contribution >= 0.6 is 0 Å². The Hall–Kier alpha value is -2.74. The second kappa shape index (κ2) is 7.69. The zero-order valence-electron chi connectivity index (χ0n) is 18.4. The minimum atomic E-state index is -0.578. The van der Waals surface area contributed by atoms with Gasteiger partial charge in [0.25, 0.3) is 0 Å². The average molecular weight is 443 g/mol. The number of ether oxygens (including phenoxy) is 1. The third-order valence-corrected chi connectivity index (χ3v) is 7.14. The summed E-state index contributed by atoms with van der Waals surface area (Å²) in [5.74, 6) is 0.221. The van der Waals surface area contributed by atoms with E-state index in [-0.39, 0.29) is 11.6 Å². The number of aromatic nitrogens is 1. The fourth-order valence-corrected chi connectivity index (χ4v) is 5.10. The van der Waals surface area contributed by atoms with E-state index in [0.717, 1.165) is 30.2 Å².